The van der Waals surface area contributed by atoms with Crippen LogP contribution in [-0.2, 0) is 4.74 Å². The van der Waals surface area contributed by atoms with Crippen LogP contribution >= 0.6 is 39.5 Å². The molecule has 2 aromatic rings. The van der Waals surface area contributed by atoms with Crippen LogP contribution in [0, 0.1) is 6.92 Å². The Morgan fingerprint density at radius 1 is 1.38 bits per heavy atom. The predicted molar refractivity (Wildman–Crippen MR) is 107 cm³/mol. The number of carbonyl (C=O) groups excluding carboxylic acids is 2. The summed E-state index contributed by atoms with van der Waals surface area (Å²) in [7, 11) is 1.30. The number of hydrogen-bond acceptors (Lipinski definition) is 7. The highest BCUT2D eigenvalue weighted by atomic mass is 79.9. The molecule has 0 aliphatic heterocycles. The summed E-state index contributed by atoms with van der Waals surface area (Å²) < 4.78 is 10.8. The first-order valence-electron chi connectivity index (χ1n) is 7.46. The van der Waals surface area contributed by atoms with Crippen molar-refractivity contribution in [1.82, 2.24) is 10.3 Å². The lowest BCUT2D eigenvalue weighted by atomic mass is 10.2. The minimum atomic E-state index is -0.470. The highest BCUT2D eigenvalue weighted by molar-refractivity contribution is 9.10. The summed E-state index contributed by atoms with van der Waals surface area (Å²) in [4.78, 5) is 28.5. The van der Waals surface area contributed by atoms with Gasteiger partial charge in [0.05, 0.1) is 23.9 Å². The van der Waals surface area contributed by atoms with Gasteiger partial charge in [0, 0.05) is 5.56 Å². The fourth-order valence-electron chi connectivity index (χ4n) is 1.95. The molecule has 10 heteroatoms. The zero-order valence-corrected chi connectivity index (χ0v) is 17.4. The number of thiazole rings is 1. The maximum Gasteiger partial charge on any atom is 0.350 e. The SMILES string of the molecule is CCOc1ccc(C(=O)NC(=S)Nc2nc(C)c(C(=O)OC)s2)cc1Br. The van der Waals surface area contributed by atoms with Crippen molar-refractivity contribution in [3.05, 3.63) is 38.8 Å². The van der Waals surface area contributed by atoms with Gasteiger partial charge in [-0.15, -0.1) is 0 Å². The predicted octanol–water partition coefficient (Wildman–Crippen LogP) is 3.53. The number of amides is 1. The quantitative estimate of drug-likeness (QED) is 0.524. The Hall–Kier alpha value is -2.04. The van der Waals surface area contributed by atoms with Crippen LogP contribution in [-0.4, -0.2) is 35.7 Å². The van der Waals surface area contributed by atoms with Gasteiger partial charge in [0.2, 0.25) is 0 Å². The largest absolute Gasteiger partial charge is 0.493 e. The zero-order chi connectivity index (χ0) is 19.3. The normalized spacial score (nSPS) is 10.2. The summed E-state index contributed by atoms with van der Waals surface area (Å²) in [6.07, 6.45) is 0. The lowest BCUT2D eigenvalue weighted by Gasteiger charge is -2.09. The second-order valence-electron chi connectivity index (χ2n) is 4.91. The van der Waals surface area contributed by atoms with Gasteiger partial charge in [-0.2, -0.15) is 0 Å². The maximum atomic E-state index is 12.3. The second kappa shape index (κ2) is 9.06. The van der Waals surface area contributed by atoms with E-state index < -0.39 is 5.97 Å². The molecule has 7 nitrogen and oxygen atoms in total. The first-order chi connectivity index (χ1) is 12.3. The molecule has 138 valence electrons. The lowest BCUT2D eigenvalue weighted by molar-refractivity contribution is 0.0605. The molecular weight excluding hydrogens is 442 g/mol. The molecule has 0 saturated heterocycles. The van der Waals surface area contributed by atoms with Gasteiger partial charge < -0.3 is 14.8 Å². The van der Waals surface area contributed by atoms with E-state index in [1.165, 1.54) is 7.11 Å². The number of aryl methyl sites for hydroxylation is 1. The number of hydrogen-bond donors (Lipinski definition) is 2. The fraction of sp³-hybridized carbons (Fsp3) is 0.250. The van der Waals surface area contributed by atoms with Gasteiger partial charge in [0.1, 0.15) is 10.6 Å². The van der Waals surface area contributed by atoms with E-state index in [1.54, 1.807) is 25.1 Å². The van der Waals surface area contributed by atoms with E-state index in [9.17, 15) is 9.59 Å². The van der Waals surface area contributed by atoms with Crippen LogP contribution in [0.1, 0.15) is 32.6 Å². The Bertz CT molecular complexity index is 854. The number of benzene rings is 1. The van der Waals surface area contributed by atoms with Crippen molar-refractivity contribution in [3.63, 3.8) is 0 Å². The number of nitrogens with one attached hydrogen (secondary N) is 2. The Balaban J connectivity index is 2.02. The number of ether oxygens (including phenoxy) is 2. The molecule has 1 aromatic heterocycles. The number of anilines is 1. The van der Waals surface area contributed by atoms with E-state index in [2.05, 4.69) is 36.3 Å². The molecule has 0 atom stereocenters. The van der Waals surface area contributed by atoms with Crippen LogP contribution in [0.25, 0.3) is 0 Å². The topological polar surface area (TPSA) is 89.5 Å². The van der Waals surface area contributed by atoms with E-state index in [0.717, 1.165) is 11.3 Å². The summed E-state index contributed by atoms with van der Waals surface area (Å²) in [6.45, 7) is 4.09. The van der Waals surface area contributed by atoms with Crippen molar-refractivity contribution in [3.8, 4) is 5.75 Å². The summed E-state index contributed by atoms with van der Waals surface area (Å²) in [5.41, 5.74) is 0.934. The summed E-state index contributed by atoms with van der Waals surface area (Å²) in [5, 5.41) is 5.82. The monoisotopic (exact) mass is 457 g/mol. The molecule has 1 aromatic carbocycles. The average Bonchev–Trinajstić information content (AvgIpc) is 2.96. The van der Waals surface area contributed by atoms with E-state index >= 15 is 0 Å². The van der Waals surface area contributed by atoms with Crippen molar-refractivity contribution in [2.24, 2.45) is 0 Å². The second-order valence-corrected chi connectivity index (χ2v) is 7.17. The standard InChI is InChI=1S/C16H16BrN3O4S2/c1-4-24-11-6-5-9(7-10(11)17)13(21)19-15(25)20-16-18-8(2)12(26-16)14(22)23-3/h5-7H,4H2,1-3H3,(H2,18,19,20,21,25). The van der Waals surface area contributed by atoms with Gasteiger partial charge in [0.15, 0.2) is 10.2 Å². The van der Waals surface area contributed by atoms with Crippen molar-refractivity contribution < 1.29 is 19.1 Å². The average molecular weight is 458 g/mol. The third kappa shape index (κ3) is 4.99. The highest BCUT2D eigenvalue weighted by Gasteiger charge is 2.17. The van der Waals surface area contributed by atoms with E-state index in [1.807, 2.05) is 6.92 Å². The smallest absolute Gasteiger partial charge is 0.350 e. The molecule has 0 saturated carbocycles. The number of methoxy groups -OCH3 is 1. The fourth-order valence-corrected chi connectivity index (χ4v) is 3.59. The number of nitrogens with zero attached hydrogens (tertiary/aromatic N) is 1. The molecule has 26 heavy (non-hydrogen) atoms. The van der Waals surface area contributed by atoms with E-state index in [0.29, 0.717) is 38.1 Å². The summed E-state index contributed by atoms with van der Waals surface area (Å²) in [6, 6.07) is 4.98. The van der Waals surface area contributed by atoms with Gasteiger partial charge in [-0.3, -0.25) is 10.1 Å². The third-order valence-electron chi connectivity index (χ3n) is 3.11. The first kappa shape index (κ1) is 20.3. The van der Waals surface area contributed by atoms with Crippen LogP contribution in [0.15, 0.2) is 22.7 Å². The van der Waals surface area contributed by atoms with Gasteiger partial charge in [-0.1, -0.05) is 11.3 Å². The highest BCUT2D eigenvalue weighted by Crippen LogP contribution is 2.26. The number of halogens is 1. The van der Waals surface area contributed by atoms with Crippen LogP contribution in [0.3, 0.4) is 0 Å². The van der Waals surface area contributed by atoms with E-state index in [4.69, 9.17) is 17.0 Å². The molecule has 2 rings (SSSR count). The van der Waals surface area contributed by atoms with Gasteiger partial charge >= 0.3 is 5.97 Å². The number of carbonyl (C=O) groups is 2. The molecule has 0 unspecified atom stereocenters. The first-order valence-corrected chi connectivity index (χ1v) is 9.47. The molecule has 0 fully saturated rings. The maximum absolute atomic E-state index is 12.3. The van der Waals surface area contributed by atoms with Crippen molar-refractivity contribution in [1.29, 1.82) is 0 Å². The summed E-state index contributed by atoms with van der Waals surface area (Å²) in [5.74, 6) is -0.201. The van der Waals surface area contributed by atoms with Crippen LogP contribution in [0.5, 0.6) is 5.75 Å². The van der Waals surface area contributed by atoms with E-state index in [-0.39, 0.29) is 11.0 Å². The lowest BCUT2D eigenvalue weighted by Crippen LogP contribution is -2.34. The van der Waals surface area contributed by atoms with Gasteiger partial charge in [-0.05, 0) is 60.2 Å². The molecule has 1 amide bonds. The molecule has 2 N–H and O–H groups in total. The zero-order valence-electron chi connectivity index (χ0n) is 14.2. The molecular formula is C16H16BrN3O4S2. The van der Waals surface area contributed by atoms with Crippen LogP contribution in [0.4, 0.5) is 5.13 Å². The molecule has 1 heterocycles. The molecule has 0 aliphatic rings. The Morgan fingerprint density at radius 2 is 2.12 bits per heavy atom. The van der Waals surface area contributed by atoms with Crippen LogP contribution in [0.2, 0.25) is 0 Å². The molecule has 0 aliphatic carbocycles. The Morgan fingerprint density at radius 3 is 2.73 bits per heavy atom. The number of rotatable bonds is 5. The van der Waals surface area contributed by atoms with Crippen molar-refractivity contribution in [2.45, 2.75) is 13.8 Å². The van der Waals surface area contributed by atoms with Crippen molar-refractivity contribution >= 4 is 61.6 Å². The minimum Gasteiger partial charge on any atom is -0.493 e. The van der Waals surface area contributed by atoms with Crippen LogP contribution < -0.4 is 15.4 Å². The molecule has 0 spiro atoms. The summed E-state index contributed by atoms with van der Waals surface area (Å²) >= 11 is 9.59. The third-order valence-corrected chi connectivity index (χ3v) is 4.99. The Kier molecular flexibility index (Phi) is 7.06. The number of thiocarbonyl (C=S) groups is 1. The number of aromatic nitrogens is 1. The van der Waals surface area contributed by atoms with Gasteiger partial charge in [-0.25, -0.2) is 9.78 Å². The molecule has 0 bridgehead atoms. The minimum absolute atomic E-state index is 0.0742. The molecule has 0 radical (unpaired) electrons. The number of esters is 1. The van der Waals surface area contributed by atoms with Gasteiger partial charge in [0.25, 0.3) is 5.91 Å². The Labute approximate surface area is 168 Å². The van der Waals surface area contributed by atoms with Crippen molar-refractivity contribution in [2.75, 3.05) is 19.0 Å².